The molecule has 112 valence electrons. The number of nitrogens with one attached hydrogen (secondary N) is 1. The van der Waals surface area contributed by atoms with Gasteiger partial charge in [0.25, 0.3) is 0 Å². The fourth-order valence-corrected chi connectivity index (χ4v) is 4.30. The maximum atomic E-state index is 3.58. The molecule has 0 aliphatic heterocycles. The summed E-state index contributed by atoms with van der Waals surface area (Å²) in [5.74, 6) is 1.81. The van der Waals surface area contributed by atoms with Crippen molar-refractivity contribution in [3.05, 3.63) is 0 Å². The van der Waals surface area contributed by atoms with Gasteiger partial charge in [-0.1, -0.05) is 39.0 Å². The summed E-state index contributed by atoms with van der Waals surface area (Å²) in [4.78, 5) is 2.69. The maximum absolute atomic E-state index is 3.58. The number of hydrogen-bond donors (Lipinski definition) is 1. The summed E-state index contributed by atoms with van der Waals surface area (Å²) in [6.45, 7) is 3.74. The van der Waals surface area contributed by atoms with E-state index in [0.29, 0.717) is 0 Å². The first kappa shape index (κ1) is 15.3. The maximum Gasteiger partial charge on any atom is 0.0104 e. The fraction of sp³-hybridized carbons (Fsp3) is 1.00. The molecule has 0 heterocycles. The second kappa shape index (κ2) is 7.64. The van der Waals surface area contributed by atoms with E-state index in [0.717, 1.165) is 23.9 Å². The summed E-state index contributed by atoms with van der Waals surface area (Å²) < 4.78 is 0. The highest BCUT2D eigenvalue weighted by molar-refractivity contribution is 4.84. The lowest BCUT2D eigenvalue weighted by Crippen LogP contribution is -2.44. The summed E-state index contributed by atoms with van der Waals surface area (Å²) in [6.07, 6.45) is 12.9. The van der Waals surface area contributed by atoms with Gasteiger partial charge < -0.3 is 10.2 Å². The quantitative estimate of drug-likeness (QED) is 0.781. The van der Waals surface area contributed by atoms with Crippen LogP contribution in [0.15, 0.2) is 0 Å². The van der Waals surface area contributed by atoms with Crippen molar-refractivity contribution < 1.29 is 0 Å². The van der Waals surface area contributed by atoms with Crippen LogP contribution in [0, 0.1) is 11.8 Å². The molecule has 19 heavy (non-hydrogen) atoms. The minimum Gasteiger partial charge on any atom is -0.317 e. The molecule has 0 aromatic rings. The molecule has 0 spiro atoms. The van der Waals surface area contributed by atoms with Crippen LogP contribution in [-0.4, -0.2) is 37.6 Å². The van der Waals surface area contributed by atoms with Crippen LogP contribution >= 0.6 is 0 Å². The molecule has 2 saturated carbocycles. The van der Waals surface area contributed by atoms with Gasteiger partial charge >= 0.3 is 0 Å². The van der Waals surface area contributed by atoms with Crippen molar-refractivity contribution >= 4 is 0 Å². The Balaban J connectivity index is 1.86. The monoisotopic (exact) mass is 266 g/mol. The largest absolute Gasteiger partial charge is 0.317 e. The van der Waals surface area contributed by atoms with Gasteiger partial charge in [0.15, 0.2) is 0 Å². The number of hydrogen-bond acceptors (Lipinski definition) is 2. The highest BCUT2D eigenvalue weighted by Gasteiger charge is 2.27. The molecule has 0 radical (unpaired) electrons. The van der Waals surface area contributed by atoms with Gasteiger partial charge in [-0.3, -0.25) is 0 Å². The molecule has 1 N–H and O–H groups in total. The van der Waals surface area contributed by atoms with Crippen molar-refractivity contribution in [2.45, 2.75) is 76.8 Å². The molecule has 2 rings (SSSR count). The predicted molar refractivity (Wildman–Crippen MR) is 83.5 cm³/mol. The summed E-state index contributed by atoms with van der Waals surface area (Å²) in [5, 5.41) is 3.58. The number of rotatable bonds is 4. The van der Waals surface area contributed by atoms with E-state index in [1.165, 1.54) is 64.3 Å². The van der Waals surface area contributed by atoms with E-state index in [4.69, 9.17) is 0 Å². The van der Waals surface area contributed by atoms with Crippen molar-refractivity contribution in [2.75, 3.05) is 20.6 Å². The van der Waals surface area contributed by atoms with Gasteiger partial charge in [0.05, 0.1) is 0 Å². The van der Waals surface area contributed by atoms with Gasteiger partial charge in [0.1, 0.15) is 0 Å². The Morgan fingerprint density at radius 2 is 1.79 bits per heavy atom. The van der Waals surface area contributed by atoms with E-state index in [-0.39, 0.29) is 0 Å². The average Bonchev–Trinajstić information content (AvgIpc) is 2.63. The predicted octanol–water partition coefficient (Wildman–Crippen LogP) is 3.67. The van der Waals surface area contributed by atoms with Gasteiger partial charge in [0, 0.05) is 18.6 Å². The normalized spacial score (nSPS) is 37.3. The topological polar surface area (TPSA) is 15.3 Å². The minimum absolute atomic E-state index is 0.756. The Morgan fingerprint density at radius 3 is 2.53 bits per heavy atom. The number of nitrogens with zero attached hydrogens (tertiary/aromatic N) is 1. The van der Waals surface area contributed by atoms with Crippen LogP contribution in [0.1, 0.15) is 64.7 Å². The molecule has 0 amide bonds. The van der Waals surface area contributed by atoms with Crippen molar-refractivity contribution in [3.63, 3.8) is 0 Å². The molecule has 2 aliphatic carbocycles. The molecule has 2 nitrogen and oxygen atoms in total. The third kappa shape index (κ3) is 4.46. The van der Waals surface area contributed by atoms with E-state index >= 15 is 0 Å². The first-order valence-electron chi connectivity index (χ1n) is 8.58. The third-order valence-electron chi connectivity index (χ3n) is 5.58. The molecule has 0 saturated heterocycles. The minimum atomic E-state index is 0.756. The Labute approximate surface area is 120 Å². The Hall–Kier alpha value is -0.0800. The second-order valence-electron chi connectivity index (χ2n) is 7.16. The van der Waals surface area contributed by atoms with Crippen LogP contribution in [0.4, 0.5) is 0 Å². The van der Waals surface area contributed by atoms with Crippen LogP contribution < -0.4 is 5.32 Å². The van der Waals surface area contributed by atoms with Crippen LogP contribution in [0.5, 0.6) is 0 Å². The van der Waals surface area contributed by atoms with Gasteiger partial charge in [0.2, 0.25) is 0 Å². The van der Waals surface area contributed by atoms with Crippen LogP contribution in [-0.2, 0) is 0 Å². The fourth-order valence-electron chi connectivity index (χ4n) is 4.30. The van der Waals surface area contributed by atoms with Crippen LogP contribution in [0.2, 0.25) is 0 Å². The highest BCUT2D eigenvalue weighted by Crippen LogP contribution is 2.29. The van der Waals surface area contributed by atoms with Crippen molar-refractivity contribution in [1.82, 2.24) is 10.2 Å². The standard InChI is InChI=1S/C17H34N2/c1-14-8-7-10-16(12-14)19(3)13-15-9-5-4-6-11-17(15)18-2/h14-18H,4-13H2,1-3H3. The summed E-state index contributed by atoms with van der Waals surface area (Å²) in [5.41, 5.74) is 0. The van der Waals surface area contributed by atoms with Crippen molar-refractivity contribution in [1.29, 1.82) is 0 Å². The Bertz CT molecular complexity index is 254. The van der Waals surface area contributed by atoms with E-state index in [2.05, 4.69) is 31.2 Å². The molecule has 2 heteroatoms. The van der Waals surface area contributed by atoms with E-state index in [1.807, 2.05) is 0 Å². The smallest absolute Gasteiger partial charge is 0.0104 e. The molecule has 4 unspecified atom stereocenters. The molecule has 0 aromatic carbocycles. The highest BCUT2D eigenvalue weighted by atomic mass is 15.1. The van der Waals surface area contributed by atoms with Crippen LogP contribution in [0.25, 0.3) is 0 Å². The summed E-state index contributed by atoms with van der Waals surface area (Å²) in [7, 11) is 4.53. The lowest BCUT2D eigenvalue weighted by Gasteiger charge is -2.37. The second-order valence-corrected chi connectivity index (χ2v) is 7.16. The van der Waals surface area contributed by atoms with Crippen molar-refractivity contribution in [2.24, 2.45) is 11.8 Å². The SMILES string of the molecule is CNC1CCCCCC1CN(C)C1CCCC(C)C1. The van der Waals surface area contributed by atoms with Crippen molar-refractivity contribution in [3.8, 4) is 0 Å². The molecule has 2 fully saturated rings. The van der Waals surface area contributed by atoms with Gasteiger partial charge in [-0.15, -0.1) is 0 Å². The lowest BCUT2D eigenvalue weighted by molar-refractivity contribution is 0.130. The zero-order valence-electron chi connectivity index (χ0n) is 13.3. The molecular weight excluding hydrogens is 232 g/mol. The van der Waals surface area contributed by atoms with Gasteiger partial charge in [-0.2, -0.15) is 0 Å². The molecule has 2 aliphatic rings. The Kier molecular flexibility index (Phi) is 6.15. The van der Waals surface area contributed by atoms with Gasteiger partial charge in [-0.25, -0.2) is 0 Å². The first-order valence-corrected chi connectivity index (χ1v) is 8.58. The van der Waals surface area contributed by atoms with E-state index in [9.17, 15) is 0 Å². The summed E-state index contributed by atoms with van der Waals surface area (Å²) in [6, 6.07) is 1.61. The Morgan fingerprint density at radius 1 is 1.00 bits per heavy atom. The first-order chi connectivity index (χ1) is 9.20. The molecular formula is C17H34N2. The molecule has 0 aromatic heterocycles. The summed E-state index contributed by atoms with van der Waals surface area (Å²) >= 11 is 0. The van der Waals surface area contributed by atoms with Gasteiger partial charge in [-0.05, 0) is 51.6 Å². The lowest BCUT2D eigenvalue weighted by atomic mass is 9.85. The molecule has 0 bridgehead atoms. The van der Waals surface area contributed by atoms with E-state index < -0.39 is 0 Å². The zero-order chi connectivity index (χ0) is 13.7. The third-order valence-corrected chi connectivity index (χ3v) is 5.58. The molecule has 4 atom stereocenters. The van der Waals surface area contributed by atoms with Crippen LogP contribution in [0.3, 0.4) is 0 Å². The van der Waals surface area contributed by atoms with E-state index in [1.54, 1.807) is 0 Å². The zero-order valence-corrected chi connectivity index (χ0v) is 13.3. The average molecular weight is 266 g/mol.